The summed E-state index contributed by atoms with van der Waals surface area (Å²) in [5, 5.41) is 23.8. The highest BCUT2D eigenvalue weighted by molar-refractivity contribution is 7.47. The SMILES string of the molecule is CCCCCC/C=C/CC/C=C/C(O)C(COP(=O)(O)OCCN)NC(=O)CC(O)CCCCCCCCCCCCCCCC. The first-order chi connectivity index (χ1) is 22.3. The number of phosphoric acid groups is 1. The normalized spacial score (nSPS) is 15.3. The number of hydrogen-bond donors (Lipinski definition) is 5. The zero-order valence-corrected chi connectivity index (χ0v) is 30.3. The summed E-state index contributed by atoms with van der Waals surface area (Å²) in [6.07, 6.45) is 31.3. The molecule has 0 spiro atoms. The molecule has 0 saturated carbocycles. The first-order valence-electron chi connectivity index (χ1n) is 18.5. The molecule has 0 radical (unpaired) electrons. The van der Waals surface area contributed by atoms with Crippen molar-refractivity contribution < 1.29 is 33.5 Å². The van der Waals surface area contributed by atoms with E-state index in [2.05, 4.69) is 31.3 Å². The second-order valence-electron chi connectivity index (χ2n) is 12.6. The van der Waals surface area contributed by atoms with Gasteiger partial charge in [-0.05, 0) is 32.1 Å². The molecule has 0 aromatic rings. The summed E-state index contributed by atoms with van der Waals surface area (Å²) in [5.74, 6) is -0.458. The third-order valence-corrected chi connectivity index (χ3v) is 9.07. The predicted octanol–water partition coefficient (Wildman–Crippen LogP) is 8.41. The summed E-state index contributed by atoms with van der Waals surface area (Å²) in [5.41, 5.74) is 5.33. The lowest BCUT2D eigenvalue weighted by molar-refractivity contribution is -0.124. The van der Waals surface area contributed by atoms with Crippen LogP contribution < -0.4 is 11.1 Å². The number of carbonyl (C=O) groups is 1. The topological polar surface area (TPSA) is 151 Å². The van der Waals surface area contributed by atoms with E-state index in [0.717, 1.165) is 32.1 Å². The van der Waals surface area contributed by atoms with Gasteiger partial charge in [0, 0.05) is 6.54 Å². The van der Waals surface area contributed by atoms with Gasteiger partial charge in [-0.1, -0.05) is 147 Å². The fourth-order valence-electron chi connectivity index (χ4n) is 5.25. The molecule has 0 aromatic heterocycles. The minimum Gasteiger partial charge on any atom is -0.393 e. The van der Waals surface area contributed by atoms with Crippen molar-refractivity contribution in [1.29, 1.82) is 0 Å². The largest absolute Gasteiger partial charge is 0.472 e. The van der Waals surface area contributed by atoms with Gasteiger partial charge in [-0.2, -0.15) is 0 Å². The van der Waals surface area contributed by atoms with Gasteiger partial charge in [-0.25, -0.2) is 4.57 Å². The molecule has 46 heavy (non-hydrogen) atoms. The summed E-state index contributed by atoms with van der Waals surface area (Å²) < 4.78 is 21.9. The van der Waals surface area contributed by atoms with Crippen molar-refractivity contribution in [2.24, 2.45) is 5.73 Å². The Kier molecular flexibility index (Phi) is 31.7. The van der Waals surface area contributed by atoms with Crippen LogP contribution in [0.1, 0.15) is 162 Å². The summed E-state index contributed by atoms with van der Waals surface area (Å²) in [7, 11) is -4.39. The zero-order chi connectivity index (χ0) is 34.1. The first kappa shape index (κ1) is 44.9. The summed E-state index contributed by atoms with van der Waals surface area (Å²) in [6.45, 7) is 3.89. The third kappa shape index (κ3) is 30.3. The maximum absolute atomic E-state index is 12.7. The number of hydrogen-bond acceptors (Lipinski definition) is 7. The van der Waals surface area contributed by atoms with Crippen molar-refractivity contribution in [3.05, 3.63) is 24.3 Å². The molecule has 1 amide bonds. The van der Waals surface area contributed by atoms with Gasteiger partial charge in [0.25, 0.3) is 0 Å². The van der Waals surface area contributed by atoms with E-state index < -0.39 is 38.6 Å². The molecule has 0 aliphatic carbocycles. The number of amides is 1. The van der Waals surface area contributed by atoms with E-state index in [4.69, 9.17) is 14.8 Å². The average molecular weight is 675 g/mol. The van der Waals surface area contributed by atoms with Crippen LogP contribution in [-0.4, -0.2) is 59.0 Å². The fraction of sp³-hybridized carbons (Fsp3) is 0.861. The lowest BCUT2D eigenvalue weighted by Gasteiger charge is -2.24. The number of nitrogens with two attached hydrogens (primary N) is 1. The summed E-state index contributed by atoms with van der Waals surface area (Å²) in [6, 6.07) is -0.993. The first-order valence-corrected chi connectivity index (χ1v) is 20.0. The standard InChI is InChI=1S/C36H71N2O7P/c1-3-5-7-9-11-13-15-16-17-18-19-21-23-25-27-33(39)31-36(41)38-34(32-45-46(42,43)44-30-29-37)35(40)28-26-24-22-20-14-12-10-8-6-4-2/h14,20,26,28,33-35,39-40H,3-13,15-19,21-25,27,29-32,37H2,1-2H3,(H,38,41)(H,42,43)/b20-14+,28-26+. The highest BCUT2D eigenvalue weighted by Gasteiger charge is 2.27. The molecule has 4 atom stereocenters. The number of nitrogens with one attached hydrogen (secondary N) is 1. The smallest absolute Gasteiger partial charge is 0.393 e. The zero-order valence-electron chi connectivity index (χ0n) is 29.4. The number of phosphoric ester groups is 1. The Bertz CT molecular complexity index is 796. The van der Waals surface area contributed by atoms with Gasteiger partial charge < -0.3 is 26.2 Å². The van der Waals surface area contributed by atoms with Crippen LogP contribution in [-0.2, 0) is 18.4 Å². The van der Waals surface area contributed by atoms with Crippen molar-refractivity contribution >= 4 is 13.7 Å². The quantitative estimate of drug-likeness (QED) is 0.0259. The Balaban J connectivity index is 4.43. The molecule has 0 aromatic carbocycles. The summed E-state index contributed by atoms with van der Waals surface area (Å²) in [4.78, 5) is 22.6. The predicted molar refractivity (Wildman–Crippen MR) is 191 cm³/mol. The summed E-state index contributed by atoms with van der Waals surface area (Å²) >= 11 is 0. The van der Waals surface area contributed by atoms with Gasteiger partial charge >= 0.3 is 7.82 Å². The van der Waals surface area contributed by atoms with Crippen LogP contribution in [0.2, 0.25) is 0 Å². The number of aliphatic hydroxyl groups excluding tert-OH is 2. The van der Waals surface area contributed by atoms with E-state index in [9.17, 15) is 24.5 Å². The Morgan fingerprint density at radius 3 is 1.80 bits per heavy atom. The molecule has 4 unspecified atom stereocenters. The molecule has 10 heteroatoms. The molecular weight excluding hydrogens is 603 g/mol. The van der Waals surface area contributed by atoms with Crippen molar-refractivity contribution in [2.75, 3.05) is 19.8 Å². The molecule has 0 heterocycles. The van der Waals surface area contributed by atoms with Gasteiger partial charge in [0.15, 0.2) is 0 Å². The molecular formula is C36H71N2O7P. The van der Waals surface area contributed by atoms with E-state index in [1.165, 1.54) is 96.3 Å². The highest BCUT2D eigenvalue weighted by atomic mass is 31.2. The second-order valence-corrected chi connectivity index (χ2v) is 14.1. The molecule has 0 aliphatic heterocycles. The number of allylic oxidation sites excluding steroid dienone is 3. The van der Waals surface area contributed by atoms with E-state index in [1.807, 2.05) is 6.08 Å². The van der Waals surface area contributed by atoms with Crippen LogP contribution in [0.5, 0.6) is 0 Å². The van der Waals surface area contributed by atoms with Crippen molar-refractivity contribution in [2.45, 2.75) is 180 Å². The fourth-order valence-corrected chi connectivity index (χ4v) is 6.01. The van der Waals surface area contributed by atoms with E-state index in [0.29, 0.717) is 12.8 Å². The van der Waals surface area contributed by atoms with Crippen LogP contribution in [0.3, 0.4) is 0 Å². The number of unbranched alkanes of at least 4 members (excludes halogenated alkanes) is 18. The van der Waals surface area contributed by atoms with Crippen LogP contribution in [0.15, 0.2) is 24.3 Å². The number of rotatable bonds is 34. The van der Waals surface area contributed by atoms with Gasteiger partial charge in [-0.3, -0.25) is 13.8 Å². The van der Waals surface area contributed by atoms with Gasteiger partial charge in [-0.15, -0.1) is 0 Å². The molecule has 0 fully saturated rings. The Labute approximate surface area is 281 Å². The van der Waals surface area contributed by atoms with Gasteiger partial charge in [0.2, 0.25) is 5.91 Å². The molecule has 0 aliphatic rings. The Morgan fingerprint density at radius 2 is 1.24 bits per heavy atom. The molecule has 0 bridgehead atoms. The highest BCUT2D eigenvalue weighted by Crippen LogP contribution is 2.43. The maximum atomic E-state index is 12.7. The number of aliphatic hydroxyl groups is 2. The third-order valence-electron chi connectivity index (χ3n) is 8.08. The van der Waals surface area contributed by atoms with Crippen LogP contribution in [0.25, 0.3) is 0 Å². The van der Waals surface area contributed by atoms with E-state index in [-0.39, 0.29) is 19.6 Å². The van der Waals surface area contributed by atoms with E-state index >= 15 is 0 Å². The molecule has 0 saturated heterocycles. The second kappa shape index (κ2) is 32.5. The minimum atomic E-state index is -4.39. The van der Waals surface area contributed by atoms with Crippen LogP contribution >= 0.6 is 7.82 Å². The van der Waals surface area contributed by atoms with Gasteiger partial charge in [0.05, 0.1) is 37.9 Å². The lowest BCUT2D eigenvalue weighted by Crippen LogP contribution is -2.46. The van der Waals surface area contributed by atoms with Crippen molar-refractivity contribution in [3.8, 4) is 0 Å². The average Bonchev–Trinajstić information content (AvgIpc) is 3.03. The Hall–Kier alpha value is -1.06. The minimum absolute atomic E-state index is 0.0455. The van der Waals surface area contributed by atoms with Crippen LogP contribution in [0.4, 0.5) is 0 Å². The molecule has 272 valence electrons. The van der Waals surface area contributed by atoms with E-state index in [1.54, 1.807) is 6.08 Å². The molecule has 0 rings (SSSR count). The lowest BCUT2D eigenvalue weighted by atomic mass is 10.0. The maximum Gasteiger partial charge on any atom is 0.472 e. The van der Waals surface area contributed by atoms with Crippen molar-refractivity contribution in [1.82, 2.24) is 5.32 Å². The van der Waals surface area contributed by atoms with Crippen LogP contribution in [0, 0.1) is 0 Å². The van der Waals surface area contributed by atoms with Crippen molar-refractivity contribution in [3.63, 3.8) is 0 Å². The van der Waals surface area contributed by atoms with Gasteiger partial charge in [0.1, 0.15) is 0 Å². The monoisotopic (exact) mass is 674 g/mol. The molecule has 9 nitrogen and oxygen atoms in total. The molecule has 6 N–H and O–H groups in total. The Morgan fingerprint density at radius 1 is 0.739 bits per heavy atom. The number of carbonyl (C=O) groups excluding carboxylic acids is 1.